The van der Waals surface area contributed by atoms with Crippen LogP contribution in [0.5, 0.6) is 0 Å². The quantitative estimate of drug-likeness (QED) is 0.836. The van der Waals surface area contributed by atoms with Crippen molar-refractivity contribution in [2.75, 3.05) is 5.75 Å². The minimum absolute atomic E-state index is 0.00663. The highest BCUT2D eigenvalue weighted by molar-refractivity contribution is 7.89. The monoisotopic (exact) mass is 353 g/mol. The molecule has 1 aromatic rings. The van der Waals surface area contributed by atoms with Crippen LogP contribution in [-0.4, -0.2) is 30.1 Å². The Bertz CT molecular complexity index is 781. The van der Waals surface area contributed by atoms with E-state index in [2.05, 4.69) is 14.9 Å². The lowest BCUT2D eigenvalue weighted by molar-refractivity contribution is -0.128. The molecule has 0 unspecified atom stereocenters. The lowest BCUT2D eigenvalue weighted by atomic mass is 9.70. The molecule has 3 aliphatic carbocycles. The van der Waals surface area contributed by atoms with Crippen molar-refractivity contribution < 1.29 is 17.7 Å². The van der Waals surface area contributed by atoms with Crippen LogP contribution in [0.4, 0.5) is 0 Å². The van der Waals surface area contributed by atoms with Crippen LogP contribution in [0.15, 0.2) is 4.52 Å². The summed E-state index contributed by atoms with van der Waals surface area (Å²) in [6.07, 6.45) is 4.21. The van der Waals surface area contributed by atoms with Crippen LogP contribution < -0.4 is 4.72 Å². The molecule has 0 aliphatic heterocycles. The number of ketones is 1. The molecule has 0 spiro atoms. The molecule has 0 aromatic carbocycles. The van der Waals surface area contributed by atoms with E-state index in [-0.39, 0.29) is 23.5 Å². The van der Waals surface area contributed by atoms with Crippen molar-refractivity contribution in [1.29, 1.82) is 0 Å². The molecule has 3 fully saturated rings. The Morgan fingerprint density at radius 1 is 1.29 bits per heavy atom. The molecular weight excluding hydrogens is 330 g/mol. The van der Waals surface area contributed by atoms with Gasteiger partial charge in [-0.2, -0.15) is 4.98 Å². The summed E-state index contributed by atoms with van der Waals surface area (Å²) in [7, 11) is -3.60. The van der Waals surface area contributed by atoms with Crippen molar-refractivity contribution >= 4 is 15.8 Å². The van der Waals surface area contributed by atoms with Gasteiger partial charge < -0.3 is 4.52 Å². The van der Waals surface area contributed by atoms with Crippen LogP contribution in [0, 0.1) is 16.7 Å². The van der Waals surface area contributed by atoms with E-state index in [1.807, 2.05) is 13.8 Å². The molecule has 0 amide bonds. The molecule has 1 aromatic heterocycles. The van der Waals surface area contributed by atoms with Gasteiger partial charge >= 0.3 is 0 Å². The van der Waals surface area contributed by atoms with Gasteiger partial charge in [0.25, 0.3) is 0 Å². The van der Waals surface area contributed by atoms with Crippen LogP contribution in [0.2, 0.25) is 0 Å². The van der Waals surface area contributed by atoms with Crippen LogP contribution in [-0.2, 0) is 21.4 Å². The van der Waals surface area contributed by atoms with Gasteiger partial charge in [0.15, 0.2) is 5.82 Å². The number of Topliss-reactive ketones (excluding diaryl/α,β-unsaturated/α-hetero) is 1. The second-order valence-electron chi connectivity index (χ2n) is 8.07. The molecule has 8 heteroatoms. The molecule has 1 heterocycles. The minimum Gasteiger partial charge on any atom is -0.339 e. The summed E-state index contributed by atoms with van der Waals surface area (Å²) in [5.74, 6) is 1.54. The summed E-state index contributed by atoms with van der Waals surface area (Å²) < 4.78 is 32.8. The molecule has 3 aliphatic rings. The van der Waals surface area contributed by atoms with Gasteiger partial charge in [0.1, 0.15) is 5.78 Å². The summed E-state index contributed by atoms with van der Waals surface area (Å²) >= 11 is 0. The van der Waals surface area contributed by atoms with Gasteiger partial charge in [0.05, 0.1) is 12.3 Å². The Hall–Kier alpha value is -1.28. The van der Waals surface area contributed by atoms with Crippen molar-refractivity contribution in [3.63, 3.8) is 0 Å². The lowest BCUT2D eigenvalue weighted by Gasteiger charge is -2.36. The molecule has 2 atom stereocenters. The van der Waals surface area contributed by atoms with E-state index in [0.717, 1.165) is 19.3 Å². The van der Waals surface area contributed by atoms with Crippen molar-refractivity contribution in [2.45, 2.75) is 58.4 Å². The van der Waals surface area contributed by atoms with E-state index >= 15 is 0 Å². The fourth-order valence-corrected chi connectivity index (χ4v) is 6.27. The van der Waals surface area contributed by atoms with E-state index in [9.17, 15) is 13.2 Å². The zero-order valence-electron chi connectivity index (χ0n) is 14.0. The first-order chi connectivity index (χ1) is 11.2. The zero-order valence-corrected chi connectivity index (χ0v) is 14.9. The Kier molecular flexibility index (Phi) is 3.45. The SMILES string of the molecule is CC1(C)[C@@H]2CC[C@@]1(CS(=O)(=O)NCc1noc(C3CC3)n1)C(=O)C2. The predicted octanol–water partition coefficient (Wildman–Crippen LogP) is 1.76. The number of hydrogen-bond acceptors (Lipinski definition) is 6. The Balaban J connectivity index is 1.46. The normalized spacial score (nSPS) is 31.8. The zero-order chi connectivity index (χ0) is 17.2. The maximum absolute atomic E-state index is 12.6. The van der Waals surface area contributed by atoms with Gasteiger partial charge in [-0.1, -0.05) is 19.0 Å². The number of sulfonamides is 1. The number of nitrogens with one attached hydrogen (secondary N) is 1. The topological polar surface area (TPSA) is 102 Å². The average molecular weight is 353 g/mol. The first kappa shape index (κ1) is 16.2. The molecule has 2 bridgehead atoms. The molecule has 0 radical (unpaired) electrons. The summed E-state index contributed by atoms with van der Waals surface area (Å²) in [4.78, 5) is 16.7. The van der Waals surface area contributed by atoms with Crippen LogP contribution in [0.1, 0.15) is 63.6 Å². The Morgan fingerprint density at radius 2 is 2.04 bits per heavy atom. The fourth-order valence-electron chi connectivity index (χ4n) is 4.49. The maximum Gasteiger partial charge on any atom is 0.229 e. The van der Waals surface area contributed by atoms with Crippen LogP contribution in [0.3, 0.4) is 0 Å². The summed E-state index contributed by atoms with van der Waals surface area (Å²) in [5.41, 5.74) is -1.01. The van der Waals surface area contributed by atoms with Gasteiger partial charge in [0, 0.05) is 17.8 Å². The molecule has 7 nitrogen and oxygen atoms in total. The van der Waals surface area contributed by atoms with E-state index in [1.165, 1.54) is 0 Å². The number of carbonyl (C=O) groups excluding carboxylic acids is 1. The second-order valence-corrected chi connectivity index (χ2v) is 9.88. The van der Waals surface area contributed by atoms with Crippen molar-refractivity contribution in [3.8, 4) is 0 Å². The van der Waals surface area contributed by atoms with Gasteiger partial charge in [-0.15, -0.1) is 0 Å². The lowest BCUT2D eigenvalue weighted by Crippen LogP contribution is -2.45. The smallest absolute Gasteiger partial charge is 0.229 e. The summed E-state index contributed by atoms with van der Waals surface area (Å²) in [6, 6.07) is 0. The fraction of sp³-hybridized carbons (Fsp3) is 0.812. The highest BCUT2D eigenvalue weighted by Gasteiger charge is 2.65. The van der Waals surface area contributed by atoms with E-state index in [1.54, 1.807) is 0 Å². The Labute approximate surface area is 141 Å². The number of fused-ring (bicyclic) bond motifs is 2. The van der Waals surface area contributed by atoms with Crippen LogP contribution in [0.25, 0.3) is 0 Å². The third-order valence-electron chi connectivity index (χ3n) is 6.44. The average Bonchev–Trinajstić information content (AvgIpc) is 3.16. The highest BCUT2D eigenvalue weighted by Crippen LogP contribution is 2.64. The van der Waals surface area contributed by atoms with Crippen molar-refractivity contribution in [1.82, 2.24) is 14.9 Å². The van der Waals surface area contributed by atoms with Gasteiger partial charge in [-0.25, -0.2) is 13.1 Å². The standard InChI is InChI=1S/C16H23N3O4S/c1-15(2)11-5-6-16(15,12(20)7-11)9-24(21,22)17-8-13-18-14(23-19-13)10-3-4-10/h10-11,17H,3-9H2,1-2H3/t11-,16-/m1/s1. The second kappa shape index (κ2) is 5.11. The van der Waals surface area contributed by atoms with E-state index < -0.39 is 15.4 Å². The first-order valence-corrected chi connectivity index (χ1v) is 10.2. The van der Waals surface area contributed by atoms with Crippen LogP contribution >= 0.6 is 0 Å². The number of nitrogens with zero attached hydrogens (tertiary/aromatic N) is 2. The predicted molar refractivity (Wildman–Crippen MR) is 85.5 cm³/mol. The van der Waals surface area contributed by atoms with Gasteiger partial charge in [-0.05, 0) is 37.0 Å². The summed E-state index contributed by atoms with van der Waals surface area (Å²) in [5, 5.41) is 3.82. The molecule has 132 valence electrons. The number of carbonyl (C=O) groups is 1. The molecule has 24 heavy (non-hydrogen) atoms. The Morgan fingerprint density at radius 3 is 2.62 bits per heavy atom. The number of rotatable bonds is 6. The van der Waals surface area contributed by atoms with E-state index in [0.29, 0.717) is 36.4 Å². The van der Waals surface area contributed by atoms with E-state index in [4.69, 9.17) is 4.52 Å². The first-order valence-electron chi connectivity index (χ1n) is 8.57. The highest BCUT2D eigenvalue weighted by atomic mass is 32.2. The van der Waals surface area contributed by atoms with Crippen molar-refractivity contribution in [2.24, 2.45) is 16.7 Å². The minimum atomic E-state index is -3.60. The maximum atomic E-state index is 12.6. The molecular formula is C16H23N3O4S. The molecule has 0 saturated heterocycles. The molecule has 1 N–H and O–H groups in total. The third kappa shape index (κ3) is 2.42. The number of aromatic nitrogens is 2. The molecule has 3 saturated carbocycles. The summed E-state index contributed by atoms with van der Waals surface area (Å²) in [6.45, 7) is 4.07. The molecule has 4 rings (SSSR count). The van der Waals surface area contributed by atoms with Gasteiger partial charge in [0.2, 0.25) is 15.9 Å². The third-order valence-corrected chi connectivity index (χ3v) is 7.89. The largest absolute Gasteiger partial charge is 0.339 e. The van der Waals surface area contributed by atoms with Crippen molar-refractivity contribution in [3.05, 3.63) is 11.7 Å². The number of hydrogen-bond donors (Lipinski definition) is 1. The van der Waals surface area contributed by atoms with Gasteiger partial charge in [-0.3, -0.25) is 4.79 Å².